The summed E-state index contributed by atoms with van der Waals surface area (Å²) < 4.78 is 31.7. The average molecular weight is 547 g/mol. The number of benzene rings is 2. The molecule has 1 atom stereocenters. The van der Waals surface area contributed by atoms with Gasteiger partial charge in [-0.05, 0) is 54.9 Å². The predicted molar refractivity (Wildman–Crippen MR) is 140 cm³/mol. The normalized spacial score (nSPS) is 19.5. The molecule has 0 bridgehead atoms. The molecular weight excluding hydrogens is 513 g/mol. The van der Waals surface area contributed by atoms with Crippen molar-refractivity contribution < 1.29 is 37.8 Å². The number of carboxylic acids is 2. The Labute approximate surface area is 225 Å². The molecule has 0 radical (unpaired) electrons. The number of unbranched alkanes of at least 4 members (excludes halogenated alkanes) is 1. The molecule has 1 fully saturated rings. The van der Waals surface area contributed by atoms with Gasteiger partial charge in [-0.15, -0.1) is 0 Å². The Hall–Kier alpha value is -3.69. The molecule has 2 aromatic carbocycles. The number of carboxylic acid groups (broad SMARTS) is 2. The fourth-order valence-electron chi connectivity index (χ4n) is 5.10. The smallest absolute Gasteiger partial charge is 0.478 e. The number of hydrogen-bond acceptors (Lipinski definition) is 4. The standard InChI is InChI=1S/C27H32N2O3.C2HF3O2/c1-3-4-13-24-28-27(2,21-9-5-6-10-21)26(32)29(24)18-19-14-16-20(17-15-19)22-11-7-8-12-23(22)25(30)31;3-2(4,5)1(6)7/h7-8,11-12,14-17,21H,3-6,9-10,13,18H2,1-2H3,(H,30,31);(H,6,7). The van der Waals surface area contributed by atoms with Crippen molar-refractivity contribution in [3.05, 3.63) is 59.7 Å². The third kappa shape index (κ3) is 7.04. The summed E-state index contributed by atoms with van der Waals surface area (Å²) in [5.74, 6) is -2.29. The number of rotatable bonds is 8. The van der Waals surface area contributed by atoms with E-state index in [9.17, 15) is 27.9 Å². The van der Waals surface area contributed by atoms with Crippen LogP contribution in [0.3, 0.4) is 0 Å². The number of aromatic carboxylic acids is 1. The second-order valence-corrected chi connectivity index (χ2v) is 10.0. The van der Waals surface area contributed by atoms with Gasteiger partial charge in [0.05, 0.1) is 12.1 Å². The average Bonchev–Trinajstić information content (AvgIpc) is 3.52. The van der Waals surface area contributed by atoms with Crippen molar-refractivity contribution in [2.75, 3.05) is 0 Å². The van der Waals surface area contributed by atoms with Crippen molar-refractivity contribution in [1.82, 2.24) is 4.90 Å². The van der Waals surface area contributed by atoms with E-state index in [1.807, 2.05) is 48.2 Å². The van der Waals surface area contributed by atoms with Crippen molar-refractivity contribution in [2.45, 2.75) is 77.1 Å². The molecule has 2 aromatic rings. The molecule has 1 saturated carbocycles. The summed E-state index contributed by atoms with van der Waals surface area (Å²) in [6, 6.07) is 14.9. The molecule has 210 valence electrons. The third-order valence-electron chi connectivity index (χ3n) is 7.26. The van der Waals surface area contributed by atoms with E-state index in [1.165, 1.54) is 12.8 Å². The Morgan fingerprint density at radius 3 is 2.18 bits per heavy atom. The molecule has 1 amide bonds. The van der Waals surface area contributed by atoms with Crippen LogP contribution in [-0.4, -0.2) is 50.5 Å². The molecular formula is C29H33F3N2O5. The molecule has 1 heterocycles. The van der Waals surface area contributed by atoms with E-state index in [4.69, 9.17) is 14.9 Å². The first-order valence-corrected chi connectivity index (χ1v) is 13.0. The number of halogens is 3. The number of nitrogens with zero attached hydrogens (tertiary/aromatic N) is 2. The zero-order chi connectivity index (χ0) is 28.8. The van der Waals surface area contributed by atoms with Gasteiger partial charge in [-0.2, -0.15) is 13.2 Å². The summed E-state index contributed by atoms with van der Waals surface area (Å²) in [7, 11) is 0. The van der Waals surface area contributed by atoms with Gasteiger partial charge in [-0.1, -0.05) is 68.7 Å². The Bertz CT molecular complexity index is 1220. The van der Waals surface area contributed by atoms with Gasteiger partial charge >= 0.3 is 18.1 Å². The van der Waals surface area contributed by atoms with E-state index in [1.54, 1.807) is 12.1 Å². The van der Waals surface area contributed by atoms with Crippen LogP contribution in [0, 0.1) is 5.92 Å². The number of aliphatic imine (C=N–C) groups is 1. The number of aliphatic carboxylic acids is 1. The SMILES string of the molecule is CCCCC1=NC(C)(C2CCCC2)C(=O)N1Cc1ccc(-c2ccccc2C(=O)O)cc1.O=C(O)C(F)(F)F. The van der Waals surface area contributed by atoms with Gasteiger partial charge in [0.25, 0.3) is 5.91 Å². The van der Waals surface area contributed by atoms with E-state index in [-0.39, 0.29) is 11.5 Å². The number of alkyl halides is 3. The van der Waals surface area contributed by atoms with Crippen LogP contribution in [0.2, 0.25) is 0 Å². The number of amidine groups is 1. The van der Waals surface area contributed by atoms with E-state index in [2.05, 4.69) is 6.92 Å². The summed E-state index contributed by atoms with van der Waals surface area (Å²) in [6.45, 7) is 4.69. The van der Waals surface area contributed by atoms with Crippen LogP contribution < -0.4 is 0 Å². The fourth-order valence-corrected chi connectivity index (χ4v) is 5.10. The first-order chi connectivity index (χ1) is 18.4. The molecule has 0 saturated heterocycles. The van der Waals surface area contributed by atoms with Crippen molar-refractivity contribution >= 4 is 23.7 Å². The lowest BCUT2D eigenvalue weighted by atomic mass is 9.84. The quantitative estimate of drug-likeness (QED) is 0.390. The van der Waals surface area contributed by atoms with Crippen LogP contribution in [0.4, 0.5) is 13.2 Å². The van der Waals surface area contributed by atoms with Crippen LogP contribution in [0.5, 0.6) is 0 Å². The van der Waals surface area contributed by atoms with Gasteiger partial charge in [0.1, 0.15) is 11.4 Å². The molecule has 7 nitrogen and oxygen atoms in total. The van der Waals surface area contributed by atoms with Gasteiger partial charge in [0.15, 0.2) is 0 Å². The van der Waals surface area contributed by atoms with E-state index >= 15 is 0 Å². The molecule has 2 aliphatic rings. The molecule has 0 aromatic heterocycles. The zero-order valence-electron chi connectivity index (χ0n) is 22.0. The van der Waals surface area contributed by atoms with Crippen LogP contribution in [-0.2, 0) is 16.1 Å². The maximum atomic E-state index is 13.5. The van der Waals surface area contributed by atoms with Gasteiger partial charge in [-0.25, -0.2) is 9.59 Å². The maximum Gasteiger partial charge on any atom is 0.490 e. The monoisotopic (exact) mass is 546 g/mol. The van der Waals surface area contributed by atoms with Crippen LogP contribution in [0.25, 0.3) is 11.1 Å². The minimum absolute atomic E-state index is 0.135. The topological polar surface area (TPSA) is 107 Å². The summed E-state index contributed by atoms with van der Waals surface area (Å²) in [6.07, 6.45) is 2.37. The highest BCUT2D eigenvalue weighted by molar-refractivity contribution is 6.08. The molecule has 2 N–H and O–H groups in total. The Morgan fingerprint density at radius 1 is 1.05 bits per heavy atom. The largest absolute Gasteiger partial charge is 0.490 e. The summed E-state index contributed by atoms with van der Waals surface area (Å²) in [5.41, 5.74) is 2.24. The molecule has 1 unspecified atom stereocenters. The van der Waals surface area contributed by atoms with Crippen LogP contribution >= 0.6 is 0 Å². The third-order valence-corrected chi connectivity index (χ3v) is 7.26. The highest BCUT2D eigenvalue weighted by atomic mass is 19.4. The number of hydrogen-bond donors (Lipinski definition) is 2. The van der Waals surface area contributed by atoms with Crippen molar-refractivity contribution in [2.24, 2.45) is 10.9 Å². The Balaban J connectivity index is 0.000000532. The lowest BCUT2D eigenvalue weighted by Crippen LogP contribution is -2.44. The van der Waals surface area contributed by atoms with Gasteiger partial charge < -0.3 is 10.2 Å². The highest BCUT2D eigenvalue weighted by Gasteiger charge is 2.49. The summed E-state index contributed by atoms with van der Waals surface area (Å²) in [4.78, 5) is 40.9. The molecule has 10 heteroatoms. The van der Waals surface area contributed by atoms with Crippen LogP contribution in [0.15, 0.2) is 53.5 Å². The minimum Gasteiger partial charge on any atom is -0.478 e. The summed E-state index contributed by atoms with van der Waals surface area (Å²) >= 11 is 0. The molecule has 39 heavy (non-hydrogen) atoms. The molecule has 1 aliphatic carbocycles. The lowest BCUT2D eigenvalue weighted by Gasteiger charge is -2.28. The second-order valence-electron chi connectivity index (χ2n) is 10.0. The van der Waals surface area contributed by atoms with Crippen molar-refractivity contribution in [3.8, 4) is 11.1 Å². The van der Waals surface area contributed by atoms with E-state index in [0.29, 0.717) is 18.0 Å². The van der Waals surface area contributed by atoms with Crippen molar-refractivity contribution in [1.29, 1.82) is 0 Å². The number of carbonyl (C=O) groups is 3. The lowest BCUT2D eigenvalue weighted by molar-refractivity contribution is -0.192. The Kier molecular flexibility index (Phi) is 9.53. The molecule has 1 aliphatic heterocycles. The van der Waals surface area contributed by atoms with E-state index < -0.39 is 23.7 Å². The zero-order valence-corrected chi connectivity index (χ0v) is 22.0. The van der Waals surface area contributed by atoms with Gasteiger partial charge in [-0.3, -0.25) is 14.7 Å². The van der Waals surface area contributed by atoms with Crippen LogP contribution in [0.1, 0.15) is 74.7 Å². The minimum atomic E-state index is -5.08. The number of amides is 1. The molecule has 4 rings (SSSR count). The first-order valence-electron chi connectivity index (χ1n) is 13.0. The molecule has 0 spiro atoms. The number of carbonyl (C=O) groups excluding carboxylic acids is 1. The van der Waals surface area contributed by atoms with Gasteiger partial charge in [0, 0.05) is 6.42 Å². The van der Waals surface area contributed by atoms with E-state index in [0.717, 1.165) is 49.1 Å². The summed E-state index contributed by atoms with van der Waals surface area (Å²) in [5, 5.41) is 16.6. The second kappa shape index (κ2) is 12.4. The van der Waals surface area contributed by atoms with Gasteiger partial charge in [0.2, 0.25) is 0 Å². The highest BCUT2D eigenvalue weighted by Crippen LogP contribution is 2.41. The fraction of sp³-hybridized carbons (Fsp3) is 0.448. The predicted octanol–water partition coefficient (Wildman–Crippen LogP) is 6.56. The Morgan fingerprint density at radius 2 is 1.64 bits per heavy atom. The van der Waals surface area contributed by atoms with Crippen molar-refractivity contribution in [3.63, 3.8) is 0 Å². The maximum absolute atomic E-state index is 13.5. The first kappa shape index (κ1) is 29.9.